The fourth-order valence-electron chi connectivity index (χ4n) is 1.57. The van der Waals surface area contributed by atoms with E-state index in [4.69, 9.17) is 10.8 Å². The number of hydrogen-bond acceptors (Lipinski definition) is 3. The first-order valence-electron chi connectivity index (χ1n) is 6.07. The number of aromatic carboxylic acids is 1. The van der Waals surface area contributed by atoms with Crippen LogP contribution in [0.2, 0.25) is 0 Å². The number of nitrogens with two attached hydrogens (primary N) is 1. The molecule has 0 radical (unpaired) electrons. The molecule has 0 aromatic heterocycles. The van der Waals surface area contributed by atoms with E-state index in [0.29, 0.717) is 24.2 Å². The molecule has 0 aliphatic rings. The number of urea groups is 1. The minimum atomic E-state index is -1.02. The summed E-state index contributed by atoms with van der Waals surface area (Å²) >= 11 is 0. The number of carboxylic acids is 1. The molecule has 0 aliphatic carbocycles. The van der Waals surface area contributed by atoms with Gasteiger partial charge in [0.25, 0.3) is 0 Å². The van der Waals surface area contributed by atoms with Crippen molar-refractivity contribution >= 4 is 23.6 Å². The molecule has 7 nitrogen and oxygen atoms in total. The summed E-state index contributed by atoms with van der Waals surface area (Å²) in [5, 5.41) is 14.0. The summed E-state index contributed by atoms with van der Waals surface area (Å²) < 4.78 is 0. The van der Waals surface area contributed by atoms with Crippen molar-refractivity contribution in [1.82, 2.24) is 5.32 Å². The Morgan fingerprint density at radius 2 is 2.00 bits per heavy atom. The van der Waals surface area contributed by atoms with E-state index >= 15 is 0 Å². The number of carboxylic acid groups (broad SMARTS) is 1. The number of carbonyl (C=O) groups excluding carboxylic acids is 2. The van der Waals surface area contributed by atoms with E-state index in [-0.39, 0.29) is 12.0 Å². The van der Waals surface area contributed by atoms with Gasteiger partial charge in [0.2, 0.25) is 5.91 Å². The van der Waals surface area contributed by atoms with Crippen LogP contribution in [0.3, 0.4) is 0 Å². The van der Waals surface area contributed by atoms with E-state index in [2.05, 4.69) is 10.6 Å². The summed E-state index contributed by atoms with van der Waals surface area (Å²) in [6.07, 6.45) is 0.687. The second kappa shape index (κ2) is 7.13. The van der Waals surface area contributed by atoms with Crippen LogP contribution in [0, 0.1) is 6.92 Å². The number of aryl methyl sites for hydroxylation is 1. The Bertz CT molecular complexity index is 528. The Kier molecular flexibility index (Phi) is 5.52. The van der Waals surface area contributed by atoms with Crippen LogP contribution >= 0.6 is 0 Å². The molecule has 3 amide bonds. The van der Waals surface area contributed by atoms with Gasteiger partial charge in [0, 0.05) is 18.7 Å². The molecule has 0 atom stereocenters. The first kappa shape index (κ1) is 15.5. The predicted molar refractivity (Wildman–Crippen MR) is 73.6 cm³/mol. The average molecular weight is 279 g/mol. The first-order chi connectivity index (χ1) is 9.40. The fraction of sp³-hybridized carbons (Fsp3) is 0.308. The lowest BCUT2D eigenvalue weighted by Crippen LogP contribution is -2.30. The van der Waals surface area contributed by atoms with Gasteiger partial charge in [-0.15, -0.1) is 0 Å². The summed E-state index contributed by atoms with van der Waals surface area (Å²) in [4.78, 5) is 32.9. The Balaban J connectivity index is 2.50. The summed E-state index contributed by atoms with van der Waals surface area (Å²) in [5.41, 5.74) is 6.32. The van der Waals surface area contributed by atoms with Crippen molar-refractivity contribution in [3.63, 3.8) is 0 Å². The molecule has 0 saturated heterocycles. The van der Waals surface area contributed by atoms with Crippen molar-refractivity contribution in [2.75, 3.05) is 11.9 Å². The molecule has 0 heterocycles. The number of primary amides is 1. The van der Waals surface area contributed by atoms with Gasteiger partial charge in [-0.3, -0.25) is 4.79 Å². The maximum absolute atomic E-state index is 11.6. The Hall–Kier alpha value is -2.57. The molecule has 0 aliphatic heterocycles. The van der Waals surface area contributed by atoms with Crippen molar-refractivity contribution in [3.05, 3.63) is 29.3 Å². The van der Waals surface area contributed by atoms with Crippen LogP contribution in [0.1, 0.15) is 28.8 Å². The van der Waals surface area contributed by atoms with Crippen LogP contribution in [-0.2, 0) is 4.79 Å². The number of hydrogen-bond donors (Lipinski definition) is 4. The minimum absolute atomic E-state index is 0.162. The smallest absolute Gasteiger partial charge is 0.335 e. The van der Waals surface area contributed by atoms with E-state index in [1.165, 1.54) is 18.2 Å². The molecular weight excluding hydrogens is 262 g/mol. The van der Waals surface area contributed by atoms with Crippen LogP contribution in [0.5, 0.6) is 0 Å². The van der Waals surface area contributed by atoms with Crippen molar-refractivity contribution in [3.8, 4) is 0 Å². The molecule has 0 saturated carbocycles. The van der Waals surface area contributed by atoms with Crippen LogP contribution < -0.4 is 16.4 Å². The number of benzene rings is 1. The zero-order chi connectivity index (χ0) is 15.1. The van der Waals surface area contributed by atoms with E-state index in [0.717, 1.165) is 0 Å². The van der Waals surface area contributed by atoms with Gasteiger partial charge in [-0.1, -0.05) is 0 Å². The molecule has 20 heavy (non-hydrogen) atoms. The summed E-state index contributed by atoms with van der Waals surface area (Å²) in [7, 11) is 0. The molecule has 0 fully saturated rings. The quantitative estimate of drug-likeness (QED) is 0.582. The molecule has 7 heteroatoms. The monoisotopic (exact) mass is 279 g/mol. The second-order valence-electron chi connectivity index (χ2n) is 4.29. The highest BCUT2D eigenvalue weighted by atomic mass is 16.4. The Morgan fingerprint density at radius 3 is 2.55 bits per heavy atom. The van der Waals surface area contributed by atoms with Crippen molar-refractivity contribution in [1.29, 1.82) is 0 Å². The summed E-state index contributed by atoms with van der Waals surface area (Å²) in [6, 6.07) is 4.01. The lowest BCUT2D eigenvalue weighted by Gasteiger charge is -2.10. The van der Waals surface area contributed by atoms with E-state index in [1.54, 1.807) is 6.92 Å². The van der Waals surface area contributed by atoms with Gasteiger partial charge in [0.1, 0.15) is 0 Å². The number of nitrogens with one attached hydrogen (secondary N) is 2. The number of rotatable bonds is 6. The number of amides is 3. The first-order valence-corrected chi connectivity index (χ1v) is 6.07. The van der Waals surface area contributed by atoms with Crippen molar-refractivity contribution in [2.45, 2.75) is 19.8 Å². The van der Waals surface area contributed by atoms with Gasteiger partial charge in [0.15, 0.2) is 0 Å². The molecule has 1 aromatic rings. The molecule has 0 bridgehead atoms. The fourth-order valence-corrected chi connectivity index (χ4v) is 1.57. The Labute approximate surface area is 116 Å². The zero-order valence-corrected chi connectivity index (χ0v) is 11.1. The highest BCUT2D eigenvalue weighted by Gasteiger charge is 2.08. The average Bonchev–Trinajstić information content (AvgIpc) is 2.36. The SMILES string of the molecule is Cc1cc(C(=O)O)ccc1NC(=O)NCCCC(N)=O. The Morgan fingerprint density at radius 1 is 1.30 bits per heavy atom. The third kappa shape index (κ3) is 4.97. The second-order valence-corrected chi connectivity index (χ2v) is 4.29. The standard InChI is InChI=1S/C13H17N3O4/c1-8-7-9(12(18)19)4-5-10(8)16-13(20)15-6-2-3-11(14)17/h4-5,7H,2-3,6H2,1H3,(H2,14,17)(H,18,19)(H2,15,16,20). The van der Waals surface area contributed by atoms with Gasteiger partial charge in [-0.2, -0.15) is 0 Å². The van der Waals surface area contributed by atoms with Gasteiger partial charge >= 0.3 is 12.0 Å². The van der Waals surface area contributed by atoms with Crippen molar-refractivity contribution < 1.29 is 19.5 Å². The highest BCUT2D eigenvalue weighted by molar-refractivity contribution is 5.92. The maximum Gasteiger partial charge on any atom is 0.335 e. The largest absolute Gasteiger partial charge is 0.478 e. The van der Waals surface area contributed by atoms with Crippen LogP contribution in [0.15, 0.2) is 18.2 Å². The molecule has 0 spiro atoms. The van der Waals surface area contributed by atoms with Gasteiger partial charge in [-0.25, -0.2) is 9.59 Å². The maximum atomic E-state index is 11.6. The van der Waals surface area contributed by atoms with E-state index < -0.39 is 17.9 Å². The third-order valence-corrected chi connectivity index (χ3v) is 2.61. The third-order valence-electron chi connectivity index (χ3n) is 2.61. The summed E-state index contributed by atoms with van der Waals surface area (Å²) in [6.45, 7) is 2.04. The summed E-state index contributed by atoms with van der Waals surface area (Å²) in [5.74, 6) is -1.43. The van der Waals surface area contributed by atoms with Gasteiger partial charge in [-0.05, 0) is 37.1 Å². The molecule has 1 aromatic carbocycles. The zero-order valence-electron chi connectivity index (χ0n) is 11.1. The predicted octanol–water partition coefficient (Wildman–Crippen LogP) is 1.08. The molecule has 5 N–H and O–H groups in total. The van der Waals surface area contributed by atoms with E-state index in [9.17, 15) is 14.4 Å². The van der Waals surface area contributed by atoms with Gasteiger partial charge in [0.05, 0.1) is 5.56 Å². The normalized spacial score (nSPS) is 9.85. The minimum Gasteiger partial charge on any atom is -0.478 e. The van der Waals surface area contributed by atoms with Gasteiger partial charge < -0.3 is 21.5 Å². The molecule has 0 unspecified atom stereocenters. The topological polar surface area (TPSA) is 122 Å². The van der Waals surface area contributed by atoms with Crippen LogP contribution in [0.4, 0.5) is 10.5 Å². The van der Waals surface area contributed by atoms with Crippen LogP contribution in [-0.4, -0.2) is 29.6 Å². The lowest BCUT2D eigenvalue weighted by atomic mass is 10.1. The number of carbonyl (C=O) groups is 3. The molecule has 108 valence electrons. The number of anilines is 1. The van der Waals surface area contributed by atoms with Crippen LogP contribution in [0.25, 0.3) is 0 Å². The lowest BCUT2D eigenvalue weighted by molar-refractivity contribution is -0.118. The van der Waals surface area contributed by atoms with Crippen molar-refractivity contribution in [2.24, 2.45) is 5.73 Å². The highest BCUT2D eigenvalue weighted by Crippen LogP contribution is 2.16. The molecular formula is C13H17N3O4. The van der Waals surface area contributed by atoms with E-state index in [1.807, 2.05) is 0 Å². The molecule has 1 rings (SSSR count).